The van der Waals surface area contributed by atoms with Crippen molar-refractivity contribution in [1.82, 2.24) is 9.55 Å². The number of halogens is 1. The minimum atomic E-state index is -0.184. The van der Waals surface area contributed by atoms with Gasteiger partial charge in [-0.15, -0.1) is 0 Å². The fraction of sp³-hybridized carbons (Fsp3) is 0.0667. The number of aromatic nitrogens is 2. The molecule has 0 atom stereocenters. The van der Waals surface area contributed by atoms with Gasteiger partial charge in [0, 0.05) is 7.05 Å². The van der Waals surface area contributed by atoms with Gasteiger partial charge in [-0.1, -0.05) is 12.1 Å². The van der Waals surface area contributed by atoms with Crippen LogP contribution in [-0.2, 0) is 7.05 Å². The van der Waals surface area contributed by atoms with Gasteiger partial charge >= 0.3 is 0 Å². The van der Waals surface area contributed by atoms with E-state index in [0.29, 0.717) is 16.8 Å². The summed E-state index contributed by atoms with van der Waals surface area (Å²) in [4.78, 5) is 16.5. The molecule has 0 radical (unpaired) electrons. The molecule has 0 amide bonds. The van der Waals surface area contributed by atoms with Crippen LogP contribution in [0.5, 0.6) is 0 Å². The van der Waals surface area contributed by atoms with E-state index >= 15 is 0 Å². The van der Waals surface area contributed by atoms with Gasteiger partial charge in [0.05, 0.1) is 11.0 Å². The topological polar surface area (TPSA) is 48.0 Å². The number of fused-ring (bicyclic) bond motifs is 1. The Morgan fingerprint density at radius 1 is 1.30 bits per heavy atom. The van der Waals surface area contributed by atoms with Gasteiger partial charge in [-0.3, -0.25) is 4.79 Å². The molecule has 100 valence electrons. The highest BCUT2D eigenvalue weighted by Crippen LogP contribution is 2.17. The van der Waals surface area contributed by atoms with Crippen LogP contribution in [0.2, 0.25) is 5.22 Å². The Bertz CT molecular complexity index is 814. The van der Waals surface area contributed by atoms with Crippen molar-refractivity contribution in [2.24, 2.45) is 7.05 Å². The summed E-state index contributed by atoms with van der Waals surface area (Å²) in [5.74, 6) is 0.735. The zero-order chi connectivity index (χ0) is 14.1. The molecule has 0 unspecified atom stereocenters. The Balaban J connectivity index is 1.93. The van der Waals surface area contributed by atoms with Crippen LogP contribution in [0.4, 0.5) is 0 Å². The molecule has 20 heavy (non-hydrogen) atoms. The highest BCUT2D eigenvalue weighted by molar-refractivity contribution is 6.28. The fourth-order valence-corrected chi connectivity index (χ4v) is 2.17. The molecule has 0 N–H and O–H groups in total. The number of hydrogen-bond acceptors (Lipinski definition) is 3. The highest BCUT2D eigenvalue weighted by atomic mass is 35.5. The summed E-state index contributed by atoms with van der Waals surface area (Å²) in [6, 6.07) is 10.9. The molecule has 0 bridgehead atoms. The maximum Gasteiger partial charge on any atom is 0.221 e. The van der Waals surface area contributed by atoms with E-state index in [4.69, 9.17) is 16.0 Å². The lowest BCUT2D eigenvalue weighted by Crippen LogP contribution is -2.04. The average molecular weight is 287 g/mol. The largest absolute Gasteiger partial charge is 0.445 e. The molecule has 2 heterocycles. The average Bonchev–Trinajstić information content (AvgIpc) is 3.01. The third-order valence-corrected chi connectivity index (χ3v) is 3.20. The molecule has 0 aliphatic carbocycles. The number of allylic oxidation sites excluding steroid dienone is 1. The number of carbonyl (C=O) groups is 1. The first-order chi connectivity index (χ1) is 9.65. The van der Waals surface area contributed by atoms with Gasteiger partial charge in [-0.25, -0.2) is 4.98 Å². The van der Waals surface area contributed by atoms with E-state index in [9.17, 15) is 4.79 Å². The molecule has 1 aromatic carbocycles. The first-order valence-electron chi connectivity index (χ1n) is 6.04. The minimum Gasteiger partial charge on any atom is -0.445 e. The van der Waals surface area contributed by atoms with Crippen LogP contribution in [0.3, 0.4) is 0 Å². The summed E-state index contributed by atoms with van der Waals surface area (Å²) < 4.78 is 6.93. The minimum absolute atomic E-state index is 0.184. The van der Waals surface area contributed by atoms with Crippen LogP contribution in [0.25, 0.3) is 17.1 Å². The molecular weight excluding hydrogens is 276 g/mol. The lowest BCUT2D eigenvalue weighted by Gasteiger charge is -1.97. The van der Waals surface area contributed by atoms with Gasteiger partial charge in [0.2, 0.25) is 5.78 Å². The van der Waals surface area contributed by atoms with Crippen LogP contribution >= 0.6 is 11.6 Å². The van der Waals surface area contributed by atoms with Crippen LogP contribution < -0.4 is 0 Å². The van der Waals surface area contributed by atoms with Crippen molar-refractivity contribution in [1.29, 1.82) is 0 Å². The number of para-hydroxylation sites is 2. The number of imidazole rings is 1. The predicted molar refractivity (Wildman–Crippen MR) is 77.8 cm³/mol. The second-order valence-electron chi connectivity index (χ2n) is 4.32. The fourth-order valence-electron chi connectivity index (χ4n) is 2.02. The number of furan rings is 1. The third kappa shape index (κ3) is 2.26. The highest BCUT2D eigenvalue weighted by Gasteiger charge is 2.12. The van der Waals surface area contributed by atoms with E-state index in [2.05, 4.69) is 4.98 Å². The summed E-state index contributed by atoms with van der Waals surface area (Å²) in [6.07, 6.45) is 3.00. The lowest BCUT2D eigenvalue weighted by atomic mass is 10.3. The van der Waals surface area contributed by atoms with Gasteiger partial charge in [0.1, 0.15) is 5.76 Å². The van der Waals surface area contributed by atoms with E-state index in [1.165, 1.54) is 6.08 Å². The maximum absolute atomic E-state index is 12.2. The summed E-state index contributed by atoms with van der Waals surface area (Å²) in [6.45, 7) is 0. The first kappa shape index (κ1) is 12.7. The quantitative estimate of drug-likeness (QED) is 0.545. The Morgan fingerprint density at radius 2 is 2.10 bits per heavy atom. The standard InChI is InChI=1S/C15H11ClN2O2/c1-18-12-5-3-2-4-11(12)17-15(18)13(19)8-6-10-7-9-14(16)20-10/h2-9H,1H3. The smallest absolute Gasteiger partial charge is 0.221 e. The van der Waals surface area contributed by atoms with E-state index in [0.717, 1.165) is 11.0 Å². The van der Waals surface area contributed by atoms with Gasteiger partial charge in [0.15, 0.2) is 11.0 Å². The number of ketones is 1. The summed E-state index contributed by atoms with van der Waals surface area (Å²) in [7, 11) is 1.82. The van der Waals surface area contributed by atoms with Crippen LogP contribution in [0.15, 0.2) is 46.9 Å². The maximum atomic E-state index is 12.2. The third-order valence-electron chi connectivity index (χ3n) is 3.00. The van der Waals surface area contributed by atoms with E-state index < -0.39 is 0 Å². The van der Waals surface area contributed by atoms with Gasteiger partial charge in [0.25, 0.3) is 0 Å². The van der Waals surface area contributed by atoms with Crippen molar-refractivity contribution in [2.75, 3.05) is 0 Å². The van der Waals surface area contributed by atoms with Crippen molar-refractivity contribution < 1.29 is 9.21 Å². The van der Waals surface area contributed by atoms with Crippen molar-refractivity contribution in [3.63, 3.8) is 0 Å². The lowest BCUT2D eigenvalue weighted by molar-refractivity contribution is 0.103. The first-order valence-corrected chi connectivity index (χ1v) is 6.42. The molecule has 0 aliphatic heterocycles. The molecule has 0 spiro atoms. The second kappa shape index (κ2) is 4.98. The molecule has 3 aromatic rings. The Kier molecular flexibility index (Phi) is 3.16. The molecule has 2 aromatic heterocycles. The van der Waals surface area contributed by atoms with Crippen molar-refractivity contribution >= 4 is 34.5 Å². The number of hydrogen-bond donors (Lipinski definition) is 0. The molecule has 4 nitrogen and oxygen atoms in total. The molecular formula is C15H11ClN2O2. The van der Waals surface area contributed by atoms with Crippen molar-refractivity contribution in [3.05, 3.63) is 59.3 Å². The summed E-state index contributed by atoms with van der Waals surface area (Å²) in [5.41, 5.74) is 1.72. The summed E-state index contributed by atoms with van der Waals surface area (Å²) in [5, 5.41) is 0.292. The van der Waals surface area contributed by atoms with E-state index in [-0.39, 0.29) is 5.78 Å². The molecule has 0 saturated heterocycles. The Morgan fingerprint density at radius 3 is 2.80 bits per heavy atom. The molecule has 0 saturated carbocycles. The van der Waals surface area contributed by atoms with Crippen molar-refractivity contribution in [2.45, 2.75) is 0 Å². The van der Waals surface area contributed by atoms with Crippen LogP contribution in [0, 0.1) is 0 Å². The second-order valence-corrected chi connectivity index (χ2v) is 4.70. The SMILES string of the molecule is Cn1c(C(=O)C=Cc2ccc(Cl)o2)nc2ccccc21. The van der Waals surface area contributed by atoms with Crippen molar-refractivity contribution in [3.8, 4) is 0 Å². The van der Waals surface area contributed by atoms with Gasteiger partial charge in [-0.05, 0) is 48.0 Å². The monoisotopic (exact) mass is 286 g/mol. The Hall–Kier alpha value is -2.33. The zero-order valence-electron chi connectivity index (χ0n) is 10.7. The number of rotatable bonds is 3. The van der Waals surface area contributed by atoms with E-state index in [1.54, 1.807) is 22.8 Å². The van der Waals surface area contributed by atoms with E-state index in [1.807, 2.05) is 31.3 Å². The normalized spacial score (nSPS) is 11.5. The molecule has 3 rings (SSSR count). The van der Waals surface area contributed by atoms with Gasteiger partial charge < -0.3 is 8.98 Å². The Labute approximate surface area is 120 Å². The summed E-state index contributed by atoms with van der Waals surface area (Å²) >= 11 is 5.67. The predicted octanol–water partition coefficient (Wildman–Crippen LogP) is 3.72. The molecule has 0 aliphatic rings. The van der Waals surface area contributed by atoms with Crippen LogP contribution in [-0.4, -0.2) is 15.3 Å². The van der Waals surface area contributed by atoms with Gasteiger partial charge in [-0.2, -0.15) is 0 Å². The number of nitrogens with zero attached hydrogens (tertiary/aromatic N) is 2. The van der Waals surface area contributed by atoms with Crippen LogP contribution in [0.1, 0.15) is 16.4 Å². The number of benzene rings is 1. The number of aryl methyl sites for hydroxylation is 1. The number of carbonyl (C=O) groups excluding carboxylic acids is 1. The molecule has 0 fully saturated rings. The molecule has 5 heteroatoms. The zero-order valence-corrected chi connectivity index (χ0v) is 11.5.